The quantitative estimate of drug-likeness (QED) is 0.365. The highest BCUT2D eigenvalue weighted by Gasteiger charge is 2.21. The van der Waals surface area contributed by atoms with Gasteiger partial charge in [0.1, 0.15) is 5.75 Å². The van der Waals surface area contributed by atoms with E-state index in [9.17, 15) is 9.59 Å². The van der Waals surface area contributed by atoms with Crippen LogP contribution in [0.5, 0.6) is 5.75 Å². The first-order chi connectivity index (χ1) is 15.8. The number of halogens is 2. The Morgan fingerprint density at radius 2 is 2.00 bits per heavy atom. The zero-order chi connectivity index (χ0) is 24.0. The van der Waals surface area contributed by atoms with E-state index in [1.807, 2.05) is 30.5 Å². The lowest BCUT2D eigenvalue weighted by atomic mass is 10.2. The minimum absolute atomic E-state index is 0.117. The van der Waals surface area contributed by atoms with Gasteiger partial charge >= 0.3 is 0 Å². The van der Waals surface area contributed by atoms with Crippen molar-refractivity contribution < 1.29 is 14.3 Å². The van der Waals surface area contributed by atoms with Crippen molar-refractivity contribution in [2.24, 2.45) is 0 Å². The van der Waals surface area contributed by atoms with Crippen LogP contribution in [0.25, 0.3) is 0 Å². The Labute approximate surface area is 209 Å². The molecule has 1 atom stereocenters. The van der Waals surface area contributed by atoms with Gasteiger partial charge in [-0.15, -0.1) is 10.2 Å². The van der Waals surface area contributed by atoms with Crippen LogP contribution in [0.4, 0.5) is 5.69 Å². The predicted octanol–water partition coefficient (Wildman–Crippen LogP) is 4.94. The standard InChI is InChI=1S/C22H23BrClN5O3S/c1-4-29-20(13(2)25-21(31)15-7-5-6-8-16(15)23)27-28-22(29)33-12-19(30)26-17-11-14(24)9-10-18(17)32-3/h5-11,13H,4,12H2,1-3H3,(H,25,31)(H,26,30)/t13-/m0/s1. The number of carbonyl (C=O) groups is 2. The van der Waals surface area contributed by atoms with E-state index in [1.165, 1.54) is 18.9 Å². The fraction of sp³-hybridized carbons (Fsp3) is 0.273. The molecule has 0 saturated carbocycles. The van der Waals surface area contributed by atoms with Crippen molar-refractivity contribution in [3.8, 4) is 5.75 Å². The molecule has 0 aliphatic rings. The van der Waals surface area contributed by atoms with Gasteiger partial charge in [-0.2, -0.15) is 0 Å². The van der Waals surface area contributed by atoms with Crippen LogP contribution >= 0.6 is 39.3 Å². The molecule has 0 fully saturated rings. The molecule has 2 aromatic carbocycles. The highest BCUT2D eigenvalue weighted by atomic mass is 79.9. The number of ether oxygens (including phenoxy) is 1. The van der Waals surface area contributed by atoms with E-state index in [4.69, 9.17) is 16.3 Å². The van der Waals surface area contributed by atoms with E-state index in [1.54, 1.807) is 30.3 Å². The number of nitrogens with zero attached hydrogens (tertiary/aromatic N) is 3. The first kappa shape index (κ1) is 25.1. The monoisotopic (exact) mass is 551 g/mol. The van der Waals surface area contributed by atoms with Crippen LogP contribution in [0, 0.1) is 0 Å². The predicted molar refractivity (Wildman–Crippen MR) is 133 cm³/mol. The number of benzene rings is 2. The van der Waals surface area contributed by atoms with Crippen molar-refractivity contribution in [1.82, 2.24) is 20.1 Å². The fourth-order valence-electron chi connectivity index (χ4n) is 3.10. The molecule has 0 saturated heterocycles. The van der Waals surface area contributed by atoms with Gasteiger partial charge in [0.2, 0.25) is 5.91 Å². The third kappa shape index (κ3) is 6.27. The van der Waals surface area contributed by atoms with Crippen molar-refractivity contribution in [2.75, 3.05) is 18.2 Å². The number of hydrogen-bond acceptors (Lipinski definition) is 6. The average molecular weight is 553 g/mol. The lowest BCUT2D eigenvalue weighted by molar-refractivity contribution is -0.113. The van der Waals surface area contributed by atoms with E-state index in [0.717, 1.165) is 0 Å². The first-order valence-electron chi connectivity index (χ1n) is 10.1. The van der Waals surface area contributed by atoms with E-state index in [0.29, 0.717) is 44.0 Å². The number of nitrogens with one attached hydrogen (secondary N) is 2. The van der Waals surface area contributed by atoms with Crippen molar-refractivity contribution in [1.29, 1.82) is 0 Å². The maximum absolute atomic E-state index is 12.6. The minimum Gasteiger partial charge on any atom is -0.495 e. The van der Waals surface area contributed by atoms with Crippen molar-refractivity contribution in [3.63, 3.8) is 0 Å². The molecule has 33 heavy (non-hydrogen) atoms. The Balaban J connectivity index is 1.65. The van der Waals surface area contributed by atoms with Crippen molar-refractivity contribution in [2.45, 2.75) is 31.6 Å². The highest BCUT2D eigenvalue weighted by molar-refractivity contribution is 9.10. The Kier molecular flexibility index (Phi) is 8.76. The Morgan fingerprint density at radius 3 is 2.70 bits per heavy atom. The molecule has 1 aromatic heterocycles. The van der Waals surface area contributed by atoms with Crippen LogP contribution in [0.15, 0.2) is 52.1 Å². The van der Waals surface area contributed by atoms with Gasteiger partial charge in [0.15, 0.2) is 11.0 Å². The lowest BCUT2D eigenvalue weighted by Crippen LogP contribution is -2.29. The molecule has 0 aliphatic heterocycles. The lowest BCUT2D eigenvalue weighted by Gasteiger charge is -2.15. The summed E-state index contributed by atoms with van der Waals surface area (Å²) in [5.74, 6) is 0.794. The van der Waals surface area contributed by atoms with Gasteiger partial charge < -0.3 is 19.9 Å². The first-order valence-corrected chi connectivity index (χ1v) is 12.2. The zero-order valence-corrected chi connectivity index (χ0v) is 21.4. The van der Waals surface area contributed by atoms with Gasteiger partial charge in [-0.1, -0.05) is 35.5 Å². The number of hydrogen-bond donors (Lipinski definition) is 2. The molecule has 0 aliphatic carbocycles. The molecule has 174 valence electrons. The van der Waals surface area contributed by atoms with Gasteiger partial charge in [0.25, 0.3) is 5.91 Å². The minimum atomic E-state index is -0.379. The maximum atomic E-state index is 12.6. The van der Waals surface area contributed by atoms with Crippen molar-refractivity contribution >= 4 is 56.8 Å². The number of methoxy groups -OCH3 is 1. The number of anilines is 1. The zero-order valence-electron chi connectivity index (χ0n) is 18.3. The summed E-state index contributed by atoms with van der Waals surface area (Å²) < 4.78 is 7.85. The molecule has 0 unspecified atom stereocenters. The third-order valence-electron chi connectivity index (χ3n) is 4.68. The van der Waals surface area contributed by atoms with Crippen LogP contribution in [0.2, 0.25) is 5.02 Å². The van der Waals surface area contributed by atoms with Gasteiger partial charge in [-0.05, 0) is 60.1 Å². The van der Waals surface area contributed by atoms with E-state index >= 15 is 0 Å². The van der Waals surface area contributed by atoms with Crippen LogP contribution < -0.4 is 15.4 Å². The van der Waals surface area contributed by atoms with Crippen LogP contribution in [0.3, 0.4) is 0 Å². The molecular formula is C22H23BrClN5O3S. The van der Waals surface area contributed by atoms with Gasteiger partial charge in [-0.3, -0.25) is 9.59 Å². The fourth-order valence-corrected chi connectivity index (χ4v) is 4.55. The van der Waals surface area contributed by atoms with E-state index < -0.39 is 0 Å². The van der Waals surface area contributed by atoms with Crippen LogP contribution in [-0.2, 0) is 11.3 Å². The second-order valence-electron chi connectivity index (χ2n) is 6.94. The molecule has 2 amide bonds. The van der Waals surface area contributed by atoms with E-state index in [-0.39, 0.29) is 23.6 Å². The van der Waals surface area contributed by atoms with Crippen molar-refractivity contribution in [3.05, 3.63) is 63.3 Å². The Morgan fingerprint density at radius 1 is 1.24 bits per heavy atom. The average Bonchev–Trinajstić information content (AvgIpc) is 3.21. The number of rotatable bonds is 9. The van der Waals surface area contributed by atoms with Gasteiger partial charge in [0, 0.05) is 16.0 Å². The summed E-state index contributed by atoms with van der Waals surface area (Å²) >= 11 is 10.7. The molecule has 3 rings (SSSR count). The van der Waals surface area contributed by atoms with Gasteiger partial charge in [-0.25, -0.2) is 0 Å². The Bertz CT molecular complexity index is 1160. The summed E-state index contributed by atoms with van der Waals surface area (Å²) in [5, 5.41) is 15.3. The summed E-state index contributed by atoms with van der Waals surface area (Å²) in [6, 6.07) is 11.8. The molecule has 0 spiro atoms. The third-order valence-corrected chi connectivity index (χ3v) is 6.58. The van der Waals surface area contributed by atoms with E-state index in [2.05, 4.69) is 36.8 Å². The summed E-state index contributed by atoms with van der Waals surface area (Å²) in [6.07, 6.45) is 0. The van der Waals surface area contributed by atoms with Crippen LogP contribution in [-0.4, -0.2) is 39.4 Å². The largest absolute Gasteiger partial charge is 0.495 e. The smallest absolute Gasteiger partial charge is 0.253 e. The molecule has 0 radical (unpaired) electrons. The number of aromatic nitrogens is 3. The number of amides is 2. The summed E-state index contributed by atoms with van der Waals surface area (Å²) in [4.78, 5) is 25.1. The molecule has 8 nitrogen and oxygen atoms in total. The molecule has 11 heteroatoms. The second kappa shape index (κ2) is 11.5. The summed E-state index contributed by atoms with van der Waals surface area (Å²) in [7, 11) is 1.52. The molecule has 1 heterocycles. The number of carbonyl (C=O) groups excluding carboxylic acids is 2. The second-order valence-corrected chi connectivity index (χ2v) is 9.17. The maximum Gasteiger partial charge on any atom is 0.253 e. The number of thioether (sulfide) groups is 1. The Hall–Kier alpha value is -2.56. The van der Waals surface area contributed by atoms with Crippen LogP contribution in [0.1, 0.15) is 36.1 Å². The summed E-state index contributed by atoms with van der Waals surface area (Å²) in [5.41, 5.74) is 1.03. The molecular weight excluding hydrogens is 530 g/mol. The van der Waals surface area contributed by atoms with Gasteiger partial charge in [0.05, 0.1) is 30.2 Å². The normalized spacial score (nSPS) is 11.7. The topological polar surface area (TPSA) is 98.1 Å². The highest BCUT2D eigenvalue weighted by Crippen LogP contribution is 2.28. The molecule has 3 aromatic rings. The SMILES string of the molecule is CCn1c(SCC(=O)Nc2cc(Cl)ccc2OC)nnc1[C@H](C)NC(=O)c1ccccc1Br. The summed E-state index contributed by atoms with van der Waals surface area (Å²) in [6.45, 7) is 4.39. The molecule has 0 bridgehead atoms. The molecule has 2 N–H and O–H groups in total.